The number of ether oxygens (including phenoxy) is 1. The fourth-order valence-electron chi connectivity index (χ4n) is 2.73. The number of nitrogens with one attached hydrogen (secondary N) is 1. The summed E-state index contributed by atoms with van der Waals surface area (Å²) in [5, 5.41) is 3.65. The molecule has 0 aromatic heterocycles. The number of rotatable bonds is 4. The lowest BCUT2D eigenvalue weighted by molar-refractivity contribution is 0.261. The summed E-state index contributed by atoms with van der Waals surface area (Å²) in [4.78, 5) is 0. The van der Waals surface area contributed by atoms with Gasteiger partial charge in [0.25, 0.3) is 0 Å². The van der Waals surface area contributed by atoms with E-state index in [0.717, 1.165) is 24.2 Å². The molecule has 1 fully saturated rings. The Kier molecular flexibility index (Phi) is 4.51. The van der Waals surface area contributed by atoms with Gasteiger partial charge < -0.3 is 10.1 Å². The summed E-state index contributed by atoms with van der Waals surface area (Å²) in [7, 11) is 0. The molecule has 0 aliphatic heterocycles. The molecule has 0 saturated heterocycles. The van der Waals surface area contributed by atoms with Crippen LogP contribution >= 0.6 is 0 Å². The molecule has 0 bridgehead atoms. The van der Waals surface area contributed by atoms with Crippen molar-refractivity contribution < 1.29 is 4.74 Å². The molecule has 0 heterocycles. The molecule has 0 radical (unpaired) electrons. The first-order valence-corrected chi connectivity index (χ1v) is 7.18. The van der Waals surface area contributed by atoms with E-state index < -0.39 is 0 Å². The van der Waals surface area contributed by atoms with Crippen LogP contribution in [0.25, 0.3) is 0 Å². The third-order valence-corrected chi connectivity index (χ3v) is 4.13. The maximum atomic E-state index is 5.45. The van der Waals surface area contributed by atoms with Crippen molar-refractivity contribution in [3.8, 4) is 5.75 Å². The molecule has 2 nitrogen and oxygen atoms in total. The van der Waals surface area contributed by atoms with Crippen LogP contribution < -0.4 is 10.1 Å². The summed E-state index contributed by atoms with van der Waals surface area (Å²) in [6, 6.07) is 8.96. The first kappa shape index (κ1) is 13.3. The van der Waals surface area contributed by atoms with Crippen LogP contribution in [0.15, 0.2) is 24.3 Å². The normalized spacial score (nSPS) is 27.8. The standard InChI is InChI=1S/C16H25NO/c1-4-18-16-9-7-14(8-10-16)17-15-6-5-12(2)13(3)11-15/h7-10,12-13,15,17H,4-6,11H2,1-3H3. The smallest absolute Gasteiger partial charge is 0.119 e. The van der Waals surface area contributed by atoms with Crippen molar-refractivity contribution in [1.29, 1.82) is 0 Å². The molecule has 1 aliphatic carbocycles. The highest BCUT2D eigenvalue weighted by molar-refractivity contribution is 5.47. The largest absolute Gasteiger partial charge is 0.494 e. The van der Waals surface area contributed by atoms with Crippen molar-refractivity contribution in [2.45, 2.75) is 46.1 Å². The Morgan fingerprint density at radius 3 is 2.44 bits per heavy atom. The molecule has 1 saturated carbocycles. The second-order valence-electron chi connectivity index (χ2n) is 5.57. The van der Waals surface area contributed by atoms with Gasteiger partial charge in [0, 0.05) is 11.7 Å². The van der Waals surface area contributed by atoms with Crippen molar-refractivity contribution in [3.63, 3.8) is 0 Å². The fourth-order valence-corrected chi connectivity index (χ4v) is 2.73. The zero-order valence-corrected chi connectivity index (χ0v) is 11.8. The first-order valence-electron chi connectivity index (χ1n) is 7.18. The highest BCUT2D eigenvalue weighted by Crippen LogP contribution is 2.31. The van der Waals surface area contributed by atoms with Gasteiger partial charge in [-0.3, -0.25) is 0 Å². The van der Waals surface area contributed by atoms with Crippen LogP contribution in [0.5, 0.6) is 5.75 Å². The van der Waals surface area contributed by atoms with Crippen molar-refractivity contribution in [3.05, 3.63) is 24.3 Å². The topological polar surface area (TPSA) is 21.3 Å². The lowest BCUT2D eigenvalue weighted by atomic mass is 9.79. The molecule has 2 heteroatoms. The van der Waals surface area contributed by atoms with Gasteiger partial charge in [-0.05, 0) is 62.3 Å². The molecule has 1 aromatic rings. The summed E-state index contributed by atoms with van der Waals surface area (Å²) in [5.41, 5.74) is 1.21. The van der Waals surface area contributed by atoms with Crippen LogP contribution in [-0.4, -0.2) is 12.6 Å². The third kappa shape index (κ3) is 3.41. The molecular weight excluding hydrogens is 222 g/mol. The van der Waals surface area contributed by atoms with Crippen molar-refractivity contribution >= 4 is 5.69 Å². The van der Waals surface area contributed by atoms with E-state index in [4.69, 9.17) is 4.74 Å². The van der Waals surface area contributed by atoms with E-state index >= 15 is 0 Å². The Morgan fingerprint density at radius 2 is 1.83 bits per heavy atom. The van der Waals surface area contributed by atoms with Gasteiger partial charge in [0.2, 0.25) is 0 Å². The van der Waals surface area contributed by atoms with Gasteiger partial charge in [-0.15, -0.1) is 0 Å². The molecule has 1 aliphatic rings. The monoisotopic (exact) mass is 247 g/mol. The van der Waals surface area contributed by atoms with E-state index in [1.807, 2.05) is 19.1 Å². The van der Waals surface area contributed by atoms with E-state index in [1.54, 1.807) is 0 Å². The summed E-state index contributed by atoms with van der Waals surface area (Å²) in [6.45, 7) is 7.48. The highest BCUT2D eigenvalue weighted by atomic mass is 16.5. The zero-order chi connectivity index (χ0) is 13.0. The summed E-state index contributed by atoms with van der Waals surface area (Å²) in [5.74, 6) is 2.66. The van der Waals surface area contributed by atoms with Gasteiger partial charge in [-0.1, -0.05) is 13.8 Å². The lowest BCUT2D eigenvalue weighted by Crippen LogP contribution is -2.30. The van der Waals surface area contributed by atoms with Crippen LogP contribution in [0.1, 0.15) is 40.0 Å². The minimum absolute atomic E-state index is 0.633. The van der Waals surface area contributed by atoms with E-state index in [2.05, 4.69) is 31.3 Å². The Morgan fingerprint density at radius 1 is 1.11 bits per heavy atom. The minimum Gasteiger partial charge on any atom is -0.494 e. The van der Waals surface area contributed by atoms with Gasteiger partial charge in [0.05, 0.1) is 6.61 Å². The quantitative estimate of drug-likeness (QED) is 0.855. The highest BCUT2D eigenvalue weighted by Gasteiger charge is 2.24. The van der Waals surface area contributed by atoms with Crippen molar-refractivity contribution in [2.75, 3.05) is 11.9 Å². The van der Waals surface area contributed by atoms with Crippen LogP contribution in [0.3, 0.4) is 0 Å². The number of hydrogen-bond donors (Lipinski definition) is 1. The van der Waals surface area contributed by atoms with Crippen LogP contribution in [0.2, 0.25) is 0 Å². The molecule has 1 aromatic carbocycles. The van der Waals surface area contributed by atoms with Gasteiger partial charge in [0.1, 0.15) is 5.75 Å². The molecule has 2 rings (SSSR count). The van der Waals surface area contributed by atoms with E-state index in [1.165, 1.54) is 24.9 Å². The molecule has 0 amide bonds. The predicted molar refractivity (Wildman–Crippen MR) is 77.2 cm³/mol. The number of benzene rings is 1. The molecule has 18 heavy (non-hydrogen) atoms. The predicted octanol–water partition coefficient (Wildman–Crippen LogP) is 4.32. The van der Waals surface area contributed by atoms with Crippen molar-refractivity contribution in [2.24, 2.45) is 11.8 Å². The second-order valence-corrected chi connectivity index (χ2v) is 5.57. The molecule has 3 unspecified atom stereocenters. The Hall–Kier alpha value is -1.18. The molecule has 100 valence electrons. The van der Waals surface area contributed by atoms with Gasteiger partial charge >= 0.3 is 0 Å². The average molecular weight is 247 g/mol. The Bertz CT molecular complexity index is 360. The van der Waals surface area contributed by atoms with Crippen LogP contribution in [-0.2, 0) is 0 Å². The van der Waals surface area contributed by atoms with Gasteiger partial charge in [-0.2, -0.15) is 0 Å². The van der Waals surface area contributed by atoms with E-state index in [0.29, 0.717) is 6.04 Å². The Labute approximate surface area is 111 Å². The molecular formula is C16H25NO. The third-order valence-electron chi connectivity index (χ3n) is 4.13. The summed E-state index contributed by atoms with van der Waals surface area (Å²) in [6.07, 6.45) is 3.92. The number of hydrogen-bond acceptors (Lipinski definition) is 2. The summed E-state index contributed by atoms with van der Waals surface area (Å²) >= 11 is 0. The average Bonchev–Trinajstić information content (AvgIpc) is 2.37. The Balaban J connectivity index is 1.89. The maximum Gasteiger partial charge on any atom is 0.119 e. The lowest BCUT2D eigenvalue weighted by Gasteiger charge is -2.33. The van der Waals surface area contributed by atoms with E-state index in [9.17, 15) is 0 Å². The van der Waals surface area contributed by atoms with E-state index in [-0.39, 0.29) is 0 Å². The van der Waals surface area contributed by atoms with Crippen LogP contribution in [0, 0.1) is 11.8 Å². The maximum absolute atomic E-state index is 5.45. The SMILES string of the molecule is CCOc1ccc(NC2CCC(C)C(C)C2)cc1. The van der Waals surface area contributed by atoms with Crippen LogP contribution in [0.4, 0.5) is 5.69 Å². The second kappa shape index (κ2) is 6.12. The number of anilines is 1. The van der Waals surface area contributed by atoms with Crippen molar-refractivity contribution in [1.82, 2.24) is 0 Å². The molecule has 1 N–H and O–H groups in total. The van der Waals surface area contributed by atoms with Gasteiger partial charge in [0.15, 0.2) is 0 Å². The summed E-state index contributed by atoms with van der Waals surface area (Å²) < 4.78 is 5.45. The minimum atomic E-state index is 0.633. The molecule has 3 atom stereocenters. The first-order chi connectivity index (χ1) is 8.69. The zero-order valence-electron chi connectivity index (χ0n) is 11.8. The fraction of sp³-hybridized carbons (Fsp3) is 0.625. The molecule has 0 spiro atoms. The van der Waals surface area contributed by atoms with Gasteiger partial charge in [-0.25, -0.2) is 0 Å².